The van der Waals surface area contributed by atoms with Crippen molar-refractivity contribution in [2.75, 3.05) is 18.0 Å². The van der Waals surface area contributed by atoms with Crippen LogP contribution in [-0.2, 0) is 6.42 Å². The minimum Gasteiger partial charge on any atom is -0.371 e. The van der Waals surface area contributed by atoms with Crippen LogP contribution in [0.25, 0.3) is 0 Å². The van der Waals surface area contributed by atoms with E-state index < -0.39 is 0 Å². The summed E-state index contributed by atoms with van der Waals surface area (Å²) in [6.45, 7) is 9.18. The second-order valence-electron chi connectivity index (χ2n) is 6.15. The third kappa shape index (κ3) is 4.24. The molecule has 2 atom stereocenters. The van der Waals surface area contributed by atoms with Gasteiger partial charge < -0.3 is 10.2 Å². The highest BCUT2D eigenvalue weighted by atomic mass is 15.1. The molecule has 2 nitrogen and oxygen atoms in total. The van der Waals surface area contributed by atoms with Crippen molar-refractivity contribution in [3.05, 3.63) is 29.8 Å². The Morgan fingerprint density at radius 3 is 2.45 bits per heavy atom. The molecule has 1 aliphatic heterocycles. The molecule has 0 aliphatic carbocycles. The fourth-order valence-electron chi connectivity index (χ4n) is 3.08. The zero-order valence-corrected chi connectivity index (χ0v) is 13.4. The third-order valence-corrected chi connectivity index (χ3v) is 4.43. The Bertz CT molecular complexity index is 385. The van der Waals surface area contributed by atoms with Gasteiger partial charge in [-0.15, -0.1) is 0 Å². The first-order valence-corrected chi connectivity index (χ1v) is 8.32. The average molecular weight is 274 g/mol. The van der Waals surface area contributed by atoms with Gasteiger partial charge in [0.15, 0.2) is 0 Å². The Labute approximate surface area is 124 Å². The SMILES string of the molecule is CCCc1ccc(N2CCC(C)NC(CC)CC2)cc1. The van der Waals surface area contributed by atoms with E-state index in [1.165, 1.54) is 49.9 Å². The van der Waals surface area contributed by atoms with Crippen LogP contribution in [0.2, 0.25) is 0 Å². The van der Waals surface area contributed by atoms with E-state index in [1.807, 2.05) is 0 Å². The number of anilines is 1. The molecule has 112 valence electrons. The molecule has 0 spiro atoms. The van der Waals surface area contributed by atoms with E-state index in [9.17, 15) is 0 Å². The second-order valence-corrected chi connectivity index (χ2v) is 6.15. The molecule has 1 aromatic carbocycles. The average Bonchev–Trinajstić information content (AvgIpc) is 2.45. The van der Waals surface area contributed by atoms with Gasteiger partial charge in [-0.05, 0) is 50.3 Å². The van der Waals surface area contributed by atoms with Crippen LogP contribution in [0.1, 0.15) is 52.0 Å². The van der Waals surface area contributed by atoms with Crippen LogP contribution in [0, 0.1) is 0 Å². The van der Waals surface area contributed by atoms with Gasteiger partial charge >= 0.3 is 0 Å². The lowest BCUT2D eigenvalue weighted by Gasteiger charge is -2.33. The van der Waals surface area contributed by atoms with Gasteiger partial charge in [0.25, 0.3) is 0 Å². The van der Waals surface area contributed by atoms with E-state index in [-0.39, 0.29) is 0 Å². The van der Waals surface area contributed by atoms with Crippen LogP contribution in [0.3, 0.4) is 0 Å². The highest BCUT2D eigenvalue weighted by Crippen LogP contribution is 2.19. The van der Waals surface area contributed by atoms with Gasteiger partial charge in [-0.2, -0.15) is 0 Å². The largest absolute Gasteiger partial charge is 0.371 e. The van der Waals surface area contributed by atoms with Gasteiger partial charge in [0, 0.05) is 30.9 Å². The number of rotatable bonds is 4. The second kappa shape index (κ2) is 7.68. The Hall–Kier alpha value is -1.02. The van der Waals surface area contributed by atoms with E-state index in [2.05, 4.69) is 55.3 Å². The standard InChI is InChI=1S/C18H30N2/c1-4-6-16-7-9-18(10-8-16)20-13-11-15(3)19-17(5-2)12-14-20/h7-10,15,17,19H,4-6,11-14H2,1-3H3. The maximum atomic E-state index is 3.74. The molecule has 0 aromatic heterocycles. The monoisotopic (exact) mass is 274 g/mol. The van der Waals surface area contributed by atoms with Crippen molar-refractivity contribution in [2.45, 2.75) is 65.0 Å². The molecule has 0 radical (unpaired) electrons. The normalized spacial score (nSPS) is 24.2. The summed E-state index contributed by atoms with van der Waals surface area (Å²) in [6.07, 6.45) is 6.13. The Balaban J connectivity index is 2.02. The van der Waals surface area contributed by atoms with Crippen molar-refractivity contribution in [3.8, 4) is 0 Å². The first kappa shape index (κ1) is 15.4. The van der Waals surface area contributed by atoms with Crippen LogP contribution < -0.4 is 10.2 Å². The summed E-state index contributed by atoms with van der Waals surface area (Å²) in [7, 11) is 0. The summed E-state index contributed by atoms with van der Waals surface area (Å²) >= 11 is 0. The number of aryl methyl sites for hydroxylation is 1. The molecule has 20 heavy (non-hydrogen) atoms. The lowest BCUT2D eigenvalue weighted by Crippen LogP contribution is -2.44. The zero-order chi connectivity index (χ0) is 14.4. The molecule has 2 unspecified atom stereocenters. The van der Waals surface area contributed by atoms with Crippen molar-refractivity contribution < 1.29 is 0 Å². The van der Waals surface area contributed by atoms with E-state index in [4.69, 9.17) is 0 Å². The minimum atomic E-state index is 0.627. The van der Waals surface area contributed by atoms with Crippen LogP contribution in [0.15, 0.2) is 24.3 Å². The zero-order valence-electron chi connectivity index (χ0n) is 13.4. The molecule has 2 rings (SSSR count). The molecule has 0 amide bonds. The summed E-state index contributed by atoms with van der Waals surface area (Å²) in [5, 5.41) is 3.74. The Morgan fingerprint density at radius 1 is 1.10 bits per heavy atom. The van der Waals surface area contributed by atoms with Gasteiger partial charge in [-0.3, -0.25) is 0 Å². The van der Waals surface area contributed by atoms with Crippen LogP contribution in [-0.4, -0.2) is 25.2 Å². The molecule has 0 saturated carbocycles. The highest BCUT2D eigenvalue weighted by molar-refractivity contribution is 5.47. The molecule has 1 fully saturated rings. The van der Waals surface area contributed by atoms with Crippen molar-refractivity contribution in [3.63, 3.8) is 0 Å². The number of hydrogen-bond acceptors (Lipinski definition) is 2. The van der Waals surface area contributed by atoms with Crippen LogP contribution in [0.5, 0.6) is 0 Å². The quantitative estimate of drug-likeness (QED) is 0.893. The van der Waals surface area contributed by atoms with E-state index >= 15 is 0 Å². The highest BCUT2D eigenvalue weighted by Gasteiger charge is 2.17. The molecule has 1 heterocycles. The minimum absolute atomic E-state index is 0.627. The van der Waals surface area contributed by atoms with Gasteiger partial charge in [0.05, 0.1) is 0 Å². The Kier molecular flexibility index (Phi) is 5.90. The van der Waals surface area contributed by atoms with E-state index in [0.717, 1.165) is 6.54 Å². The fourth-order valence-corrected chi connectivity index (χ4v) is 3.08. The number of benzene rings is 1. The molecule has 1 aromatic rings. The van der Waals surface area contributed by atoms with E-state index in [1.54, 1.807) is 0 Å². The van der Waals surface area contributed by atoms with Crippen molar-refractivity contribution >= 4 is 5.69 Å². The summed E-state index contributed by atoms with van der Waals surface area (Å²) in [5.74, 6) is 0. The maximum Gasteiger partial charge on any atom is 0.0366 e. The topological polar surface area (TPSA) is 15.3 Å². The van der Waals surface area contributed by atoms with Crippen LogP contribution in [0.4, 0.5) is 5.69 Å². The third-order valence-electron chi connectivity index (χ3n) is 4.43. The summed E-state index contributed by atoms with van der Waals surface area (Å²) in [6, 6.07) is 10.5. The van der Waals surface area contributed by atoms with Gasteiger partial charge in [-0.25, -0.2) is 0 Å². The molecule has 1 saturated heterocycles. The molecular weight excluding hydrogens is 244 g/mol. The number of hydrogen-bond donors (Lipinski definition) is 1. The molecule has 2 heteroatoms. The van der Waals surface area contributed by atoms with E-state index in [0.29, 0.717) is 12.1 Å². The fraction of sp³-hybridized carbons (Fsp3) is 0.667. The molecule has 1 N–H and O–H groups in total. The van der Waals surface area contributed by atoms with Crippen molar-refractivity contribution in [1.29, 1.82) is 0 Å². The number of nitrogens with one attached hydrogen (secondary N) is 1. The molecular formula is C18H30N2. The molecule has 0 bridgehead atoms. The lowest BCUT2D eigenvalue weighted by molar-refractivity contribution is 0.378. The van der Waals surface area contributed by atoms with Crippen molar-refractivity contribution in [1.82, 2.24) is 5.32 Å². The van der Waals surface area contributed by atoms with Crippen molar-refractivity contribution in [2.24, 2.45) is 0 Å². The first-order valence-electron chi connectivity index (χ1n) is 8.32. The first-order chi connectivity index (χ1) is 9.72. The van der Waals surface area contributed by atoms with Gasteiger partial charge in [-0.1, -0.05) is 32.4 Å². The molecule has 1 aliphatic rings. The predicted molar refractivity (Wildman–Crippen MR) is 88.6 cm³/mol. The lowest BCUT2D eigenvalue weighted by atomic mass is 10.0. The van der Waals surface area contributed by atoms with Gasteiger partial charge in [0.1, 0.15) is 0 Å². The van der Waals surface area contributed by atoms with Crippen LogP contribution >= 0.6 is 0 Å². The summed E-state index contributed by atoms with van der Waals surface area (Å²) < 4.78 is 0. The predicted octanol–water partition coefficient (Wildman–Crippen LogP) is 4.00. The number of nitrogens with zero attached hydrogens (tertiary/aromatic N) is 1. The Morgan fingerprint density at radius 2 is 1.80 bits per heavy atom. The summed E-state index contributed by atoms with van der Waals surface area (Å²) in [4.78, 5) is 2.57. The van der Waals surface area contributed by atoms with Gasteiger partial charge in [0.2, 0.25) is 0 Å². The smallest absolute Gasteiger partial charge is 0.0366 e. The summed E-state index contributed by atoms with van der Waals surface area (Å²) in [5.41, 5.74) is 2.86. The maximum absolute atomic E-state index is 3.74.